The molecule has 0 amide bonds. The average molecular weight is 456 g/mol. The van der Waals surface area contributed by atoms with E-state index in [9.17, 15) is 22.7 Å². The normalized spacial score (nSPS) is 14.5. The average Bonchev–Trinajstić information content (AvgIpc) is 2.67. The van der Waals surface area contributed by atoms with E-state index in [-0.39, 0.29) is 16.6 Å². The molecule has 3 rings (SSSR count). The molecule has 4 nitrogen and oxygen atoms in total. The van der Waals surface area contributed by atoms with Crippen LogP contribution in [-0.2, 0) is 5.41 Å². The van der Waals surface area contributed by atoms with Crippen LogP contribution >= 0.6 is 11.6 Å². The van der Waals surface area contributed by atoms with Gasteiger partial charge in [-0.15, -0.1) is 0 Å². The predicted octanol–water partition coefficient (Wildman–Crippen LogP) is 5.80. The van der Waals surface area contributed by atoms with Crippen molar-refractivity contribution in [2.75, 3.05) is 11.9 Å². The highest BCUT2D eigenvalue weighted by atomic mass is 35.5. The Labute approximate surface area is 182 Å². The molecule has 1 heterocycles. The summed E-state index contributed by atoms with van der Waals surface area (Å²) in [6.45, 7) is 4.00. The van der Waals surface area contributed by atoms with E-state index in [2.05, 4.69) is 15.3 Å². The highest BCUT2D eigenvalue weighted by Crippen LogP contribution is 2.41. The minimum absolute atomic E-state index is 0.00505. The monoisotopic (exact) mass is 455 g/mol. The molecule has 0 aliphatic heterocycles. The Morgan fingerprint density at radius 3 is 2.32 bits per heavy atom. The molecule has 0 saturated heterocycles. The number of alkyl halides is 3. The van der Waals surface area contributed by atoms with Gasteiger partial charge in [-0.2, -0.15) is 13.2 Å². The Kier molecular flexibility index (Phi) is 6.17. The Balaban J connectivity index is 1.91. The summed E-state index contributed by atoms with van der Waals surface area (Å²) in [6.07, 6.45) is -4.17. The lowest BCUT2D eigenvalue weighted by molar-refractivity contribution is -0.260. The summed E-state index contributed by atoms with van der Waals surface area (Å²) in [6, 6.07) is 8.88. The number of hydrogen-bond acceptors (Lipinski definition) is 4. The summed E-state index contributed by atoms with van der Waals surface area (Å²) in [5, 5.41) is 14.0. The summed E-state index contributed by atoms with van der Waals surface area (Å²) < 4.78 is 55.9. The highest BCUT2D eigenvalue weighted by Gasteiger charge is 2.55. The summed E-state index contributed by atoms with van der Waals surface area (Å²) >= 11 is 5.88. The van der Waals surface area contributed by atoms with Crippen molar-refractivity contribution in [1.29, 1.82) is 0 Å². The number of nitrogens with zero attached hydrogens (tertiary/aromatic N) is 2. The van der Waals surface area contributed by atoms with Gasteiger partial charge in [0.1, 0.15) is 17.2 Å². The first kappa shape index (κ1) is 23.2. The first-order chi connectivity index (χ1) is 14.3. The van der Waals surface area contributed by atoms with Gasteiger partial charge in [-0.3, -0.25) is 0 Å². The number of fused-ring (bicyclic) bond motifs is 1. The number of benzene rings is 2. The lowest BCUT2D eigenvalue weighted by atomic mass is 9.75. The number of aliphatic hydroxyl groups is 1. The van der Waals surface area contributed by atoms with E-state index in [0.29, 0.717) is 16.4 Å². The SMILES string of the molecule is Cc1ncc2c(NCC(O)(CC(C)(C)c3ccc(Cl)cc3)C(F)(F)F)ccc(F)c2n1. The van der Waals surface area contributed by atoms with Gasteiger partial charge in [-0.1, -0.05) is 37.6 Å². The van der Waals surface area contributed by atoms with Gasteiger partial charge >= 0.3 is 6.18 Å². The van der Waals surface area contributed by atoms with E-state index < -0.39 is 36.0 Å². The molecule has 2 N–H and O–H groups in total. The van der Waals surface area contributed by atoms with Crippen LogP contribution in [0.5, 0.6) is 0 Å². The number of hydrogen-bond donors (Lipinski definition) is 2. The molecule has 2 aromatic carbocycles. The van der Waals surface area contributed by atoms with E-state index >= 15 is 0 Å². The van der Waals surface area contributed by atoms with Crippen LogP contribution in [-0.4, -0.2) is 33.4 Å². The van der Waals surface area contributed by atoms with Crippen LogP contribution in [0, 0.1) is 12.7 Å². The van der Waals surface area contributed by atoms with Gasteiger partial charge in [0, 0.05) is 22.3 Å². The third-order valence-corrected chi connectivity index (χ3v) is 5.53. The fourth-order valence-electron chi connectivity index (χ4n) is 3.57. The topological polar surface area (TPSA) is 58.0 Å². The maximum absolute atomic E-state index is 14.1. The van der Waals surface area contributed by atoms with Crippen molar-refractivity contribution in [2.45, 2.75) is 44.4 Å². The number of anilines is 1. The molecule has 0 radical (unpaired) electrons. The standard InChI is InChI=1S/C22H22ClF4N3O/c1-13-28-10-16-18(9-8-17(24)19(16)30-13)29-12-21(31,22(25,26)27)11-20(2,3)14-4-6-15(23)7-5-14/h4-10,29,31H,11-12H2,1-3H3. The van der Waals surface area contributed by atoms with E-state index in [0.717, 1.165) is 6.07 Å². The maximum atomic E-state index is 14.1. The smallest absolute Gasteiger partial charge is 0.381 e. The third-order valence-electron chi connectivity index (χ3n) is 5.28. The Bertz CT molecular complexity index is 1090. The molecule has 0 bridgehead atoms. The molecule has 0 aliphatic rings. The molecule has 1 unspecified atom stereocenters. The first-order valence-electron chi connectivity index (χ1n) is 9.53. The first-order valence-corrected chi connectivity index (χ1v) is 9.91. The van der Waals surface area contributed by atoms with Crippen molar-refractivity contribution < 1.29 is 22.7 Å². The molecule has 0 aliphatic carbocycles. The molecule has 1 atom stereocenters. The number of halogens is 5. The largest absolute Gasteiger partial charge is 0.418 e. The van der Waals surface area contributed by atoms with Crippen LogP contribution in [0.4, 0.5) is 23.2 Å². The molecule has 31 heavy (non-hydrogen) atoms. The molecule has 3 aromatic rings. The van der Waals surface area contributed by atoms with E-state index in [1.54, 1.807) is 45.0 Å². The second-order valence-corrected chi connectivity index (χ2v) is 8.66. The lowest BCUT2D eigenvalue weighted by Crippen LogP contribution is -2.53. The summed E-state index contributed by atoms with van der Waals surface area (Å²) in [5.74, 6) is -0.277. The minimum Gasteiger partial charge on any atom is -0.381 e. The number of aryl methyl sites for hydroxylation is 1. The fraction of sp³-hybridized carbons (Fsp3) is 0.364. The number of rotatable bonds is 6. The highest BCUT2D eigenvalue weighted by molar-refractivity contribution is 6.30. The maximum Gasteiger partial charge on any atom is 0.418 e. The van der Waals surface area contributed by atoms with Crippen molar-refractivity contribution >= 4 is 28.2 Å². The molecule has 0 spiro atoms. The molecular weight excluding hydrogens is 434 g/mol. The second kappa shape index (κ2) is 8.24. The van der Waals surface area contributed by atoms with Crippen molar-refractivity contribution in [1.82, 2.24) is 9.97 Å². The van der Waals surface area contributed by atoms with Crippen molar-refractivity contribution in [3.8, 4) is 0 Å². The van der Waals surface area contributed by atoms with E-state index in [4.69, 9.17) is 11.6 Å². The zero-order valence-electron chi connectivity index (χ0n) is 17.2. The van der Waals surface area contributed by atoms with Crippen LogP contribution in [0.3, 0.4) is 0 Å². The van der Waals surface area contributed by atoms with Crippen molar-refractivity contribution in [2.24, 2.45) is 0 Å². The fourth-order valence-corrected chi connectivity index (χ4v) is 3.69. The van der Waals surface area contributed by atoms with Gasteiger partial charge in [0.15, 0.2) is 5.60 Å². The lowest BCUT2D eigenvalue weighted by Gasteiger charge is -2.38. The van der Waals surface area contributed by atoms with Crippen molar-refractivity contribution in [3.05, 3.63) is 64.8 Å². The van der Waals surface area contributed by atoms with Gasteiger partial charge in [0.2, 0.25) is 0 Å². The van der Waals surface area contributed by atoms with Crippen LogP contribution in [0.1, 0.15) is 31.7 Å². The van der Waals surface area contributed by atoms with Crippen LogP contribution < -0.4 is 5.32 Å². The Morgan fingerprint density at radius 1 is 1.06 bits per heavy atom. The third kappa shape index (κ3) is 4.91. The number of aromatic nitrogens is 2. The number of nitrogens with one attached hydrogen (secondary N) is 1. The van der Waals surface area contributed by atoms with Crippen LogP contribution in [0.2, 0.25) is 5.02 Å². The van der Waals surface area contributed by atoms with Crippen LogP contribution in [0.15, 0.2) is 42.6 Å². The molecule has 166 valence electrons. The molecular formula is C22H22ClF4N3O. The summed E-state index contributed by atoms with van der Waals surface area (Å²) in [5.41, 5.74) is -3.27. The van der Waals surface area contributed by atoms with Gasteiger partial charge < -0.3 is 10.4 Å². The van der Waals surface area contributed by atoms with Gasteiger partial charge in [-0.05, 0) is 48.6 Å². The molecule has 9 heteroatoms. The van der Waals surface area contributed by atoms with Crippen LogP contribution in [0.25, 0.3) is 10.9 Å². The molecule has 1 aromatic heterocycles. The minimum atomic E-state index is -4.91. The van der Waals surface area contributed by atoms with Crippen molar-refractivity contribution in [3.63, 3.8) is 0 Å². The summed E-state index contributed by atoms with van der Waals surface area (Å²) in [7, 11) is 0. The molecule has 0 fully saturated rings. The van der Waals surface area contributed by atoms with E-state index in [1.165, 1.54) is 12.3 Å². The van der Waals surface area contributed by atoms with Gasteiger partial charge in [-0.25, -0.2) is 14.4 Å². The predicted molar refractivity (Wildman–Crippen MR) is 113 cm³/mol. The Hall–Kier alpha value is -2.45. The van der Waals surface area contributed by atoms with Gasteiger partial charge in [0.05, 0.1) is 6.54 Å². The van der Waals surface area contributed by atoms with E-state index in [1.807, 2.05) is 0 Å². The molecule has 0 saturated carbocycles. The zero-order valence-corrected chi connectivity index (χ0v) is 17.9. The zero-order chi connectivity index (χ0) is 23.0. The summed E-state index contributed by atoms with van der Waals surface area (Å²) in [4.78, 5) is 8.01. The Morgan fingerprint density at radius 2 is 1.71 bits per heavy atom. The quantitative estimate of drug-likeness (QED) is 0.461. The second-order valence-electron chi connectivity index (χ2n) is 8.22. The van der Waals surface area contributed by atoms with Gasteiger partial charge in [0.25, 0.3) is 0 Å².